The maximum Gasteiger partial charge on any atom is 0.416 e. The molecule has 0 radical (unpaired) electrons. The Hall–Kier alpha value is -2.87. The van der Waals surface area contributed by atoms with Crippen LogP contribution in [0.3, 0.4) is 0 Å². The first-order chi connectivity index (χ1) is 16.6. The lowest BCUT2D eigenvalue weighted by atomic mass is 9.74. The molecule has 1 saturated carbocycles. The fraction of sp³-hybridized carbons (Fsp3) is 0.481. The van der Waals surface area contributed by atoms with Crippen molar-refractivity contribution in [3.8, 4) is 0 Å². The summed E-state index contributed by atoms with van der Waals surface area (Å²) in [4.78, 5) is 26.8. The number of nitrogens with zero attached hydrogens (tertiary/aromatic N) is 1. The van der Waals surface area contributed by atoms with E-state index in [1.165, 1.54) is 11.6 Å². The van der Waals surface area contributed by atoms with Crippen molar-refractivity contribution in [1.29, 1.82) is 0 Å². The lowest BCUT2D eigenvalue weighted by Crippen LogP contribution is -2.48. The Kier molecular flexibility index (Phi) is 8.94. The van der Waals surface area contributed by atoms with Gasteiger partial charge < -0.3 is 10.6 Å². The Morgan fingerprint density at radius 1 is 0.971 bits per heavy atom. The number of hydrogen-bond acceptors (Lipinski definition) is 3. The zero-order valence-corrected chi connectivity index (χ0v) is 20.3. The van der Waals surface area contributed by atoms with Gasteiger partial charge in [-0.15, -0.1) is 0 Å². The van der Waals surface area contributed by atoms with Crippen molar-refractivity contribution in [2.24, 2.45) is 0 Å². The molecule has 8 heteroatoms. The van der Waals surface area contributed by atoms with Crippen LogP contribution >= 0.6 is 0 Å². The molecule has 0 saturated heterocycles. The van der Waals surface area contributed by atoms with Crippen LogP contribution in [-0.2, 0) is 27.7 Å². The third-order valence-corrected chi connectivity index (χ3v) is 6.91. The van der Waals surface area contributed by atoms with Crippen LogP contribution in [-0.4, -0.2) is 43.4 Å². The molecule has 0 unspecified atom stereocenters. The number of carbonyl (C=O) groups excluding carboxylic acids is 2. The molecule has 5 nitrogen and oxygen atoms in total. The van der Waals surface area contributed by atoms with E-state index < -0.39 is 11.7 Å². The van der Waals surface area contributed by atoms with Gasteiger partial charge in [0.05, 0.1) is 5.56 Å². The summed E-state index contributed by atoms with van der Waals surface area (Å²) in [6.45, 7) is 0.219. The summed E-state index contributed by atoms with van der Waals surface area (Å²) in [5.74, 6) is -0.438. The van der Waals surface area contributed by atoms with Gasteiger partial charge in [0, 0.05) is 31.0 Å². The molecule has 2 aromatic rings. The highest BCUT2D eigenvalue weighted by Crippen LogP contribution is 2.41. The van der Waals surface area contributed by atoms with E-state index in [0.29, 0.717) is 12.0 Å². The second-order valence-electron chi connectivity index (χ2n) is 9.43. The molecular formula is C27H34F3N3O2. The van der Waals surface area contributed by atoms with Gasteiger partial charge in [-0.3, -0.25) is 14.5 Å². The van der Waals surface area contributed by atoms with Crippen LogP contribution in [0.1, 0.15) is 55.2 Å². The molecule has 3 rings (SSSR count). The van der Waals surface area contributed by atoms with E-state index in [0.717, 1.165) is 37.8 Å². The van der Waals surface area contributed by atoms with Crippen molar-refractivity contribution < 1.29 is 22.8 Å². The highest BCUT2D eigenvalue weighted by Gasteiger charge is 2.39. The molecule has 1 fully saturated rings. The summed E-state index contributed by atoms with van der Waals surface area (Å²) in [7, 11) is 4.19. The maximum absolute atomic E-state index is 12.8. The van der Waals surface area contributed by atoms with Crippen molar-refractivity contribution in [3.63, 3.8) is 0 Å². The minimum absolute atomic E-state index is 0.0397. The molecule has 190 valence electrons. The van der Waals surface area contributed by atoms with Gasteiger partial charge in [-0.25, -0.2) is 0 Å². The molecule has 35 heavy (non-hydrogen) atoms. The SMILES string of the molecule is CN(C)C1(c2ccccc2)CCC(NC(=O)CCC(=O)NCCc2cccc(C(F)(F)F)c2)CC1. The zero-order valence-electron chi connectivity index (χ0n) is 20.3. The lowest BCUT2D eigenvalue weighted by molar-refractivity contribution is -0.137. The van der Waals surface area contributed by atoms with Crippen molar-refractivity contribution in [2.45, 2.75) is 62.7 Å². The first kappa shape index (κ1) is 26.7. The molecule has 0 bridgehead atoms. The molecule has 1 aliphatic carbocycles. The van der Waals surface area contributed by atoms with Crippen molar-refractivity contribution in [3.05, 3.63) is 71.3 Å². The molecule has 2 amide bonds. The monoisotopic (exact) mass is 489 g/mol. The van der Waals surface area contributed by atoms with Gasteiger partial charge in [-0.2, -0.15) is 13.2 Å². The average Bonchev–Trinajstić information content (AvgIpc) is 2.83. The predicted octanol–water partition coefficient (Wildman–Crippen LogP) is 4.66. The normalized spacial score (nSPS) is 20.5. The van der Waals surface area contributed by atoms with Crippen molar-refractivity contribution in [1.82, 2.24) is 15.5 Å². The highest BCUT2D eigenvalue weighted by atomic mass is 19.4. The van der Waals surface area contributed by atoms with Gasteiger partial charge in [0.15, 0.2) is 0 Å². The van der Waals surface area contributed by atoms with Crippen molar-refractivity contribution in [2.75, 3.05) is 20.6 Å². The largest absolute Gasteiger partial charge is 0.416 e. The highest BCUT2D eigenvalue weighted by molar-refractivity contribution is 5.83. The van der Waals surface area contributed by atoms with Gasteiger partial charge in [-0.1, -0.05) is 48.5 Å². The van der Waals surface area contributed by atoms with E-state index in [-0.39, 0.29) is 42.8 Å². The Balaban J connectivity index is 1.38. The molecule has 2 aromatic carbocycles. The third kappa shape index (κ3) is 7.31. The van der Waals surface area contributed by atoms with Crippen molar-refractivity contribution >= 4 is 11.8 Å². The fourth-order valence-electron chi connectivity index (χ4n) is 4.85. The van der Waals surface area contributed by atoms with Crippen LogP contribution in [0.15, 0.2) is 54.6 Å². The summed E-state index contributed by atoms with van der Waals surface area (Å²) in [5, 5.41) is 5.74. The summed E-state index contributed by atoms with van der Waals surface area (Å²) < 4.78 is 38.4. The number of benzene rings is 2. The van der Waals surface area contributed by atoms with E-state index in [1.54, 1.807) is 6.07 Å². The molecule has 2 N–H and O–H groups in total. The number of rotatable bonds is 9. The number of carbonyl (C=O) groups is 2. The fourth-order valence-corrected chi connectivity index (χ4v) is 4.85. The van der Waals surface area contributed by atoms with Crippen LogP contribution in [0.5, 0.6) is 0 Å². The van der Waals surface area contributed by atoms with Crippen LogP contribution in [0, 0.1) is 0 Å². The average molecular weight is 490 g/mol. The van der Waals surface area contributed by atoms with Crippen LogP contribution in [0.2, 0.25) is 0 Å². The first-order valence-electron chi connectivity index (χ1n) is 12.1. The minimum atomic E-state index is -4.39. The van der Waals surface area contributed by atoms with E-state index in [4.69, 9.17) is 0 Å². The van der Waals surface area contributed by atoms with Gasteiger partial charge in [0.1, 0.15) is 0 Å². The Morgan fingerprint density at radius 3 is 2.26 bits per heavy atom. The summed E-state index contributed by atoms with van der Waals surface area (Å²) in [6, 6.07) is 15.6. The van der Waals surface area contributed by atoms with E-state index in [2.05, 4.69) is 53.9 Å². The quantitative estimate of drug-likeness (QED) is 0.539. The second kappa shape index (κ2) is 11.7. The number of nitrogens with one attached hydrogen (secondary N) is 2. The van der Waals surface area contributed by atoms with Crippen LogP contribution < -0.4 is 10.6 Å². The number of hydrogen-bond donors (Lipinski definition) is 2. The number of halogens is 3. The van der Waals surface area contributed by atoms with E-state index in [9.17, 15) is 22.8 Å². The van der Waals surface area contributed by atoms with E-state index in [1.807, 2.05) is 6.07 Å². The molecule has 0 atom stereocenters. The molecule has 0 spiro atoms. The van der Waals surface area contributed by atoms with Crippen LogP contribution in [0.4, 0.5) is 13.2 Å². The first-order valence-corrected chi connectivity index (χ1v) is 12.1. The molecular weight excluding hydrogens is 455 g/mol. The van der Waals surface area contributed by atoms with Crippen LogP contribution in [0.25, 0.3) is 0 Å². The van der Waals surface area contributed by atoms with E-state index >= 15 is 0 Å². The molecule has 0 heterocycles. The number of alkyl halides is 3. The smallest absolute Gasteiger partial charge is 0.356 e. The Bertz CT molecular complexity index is 985. The van der Waals surface area contributed by atoms with Gasteiger partial charge >= 0.3 is 6.18 Å². The maximum atomic E-state index is 12.8. The lowest BCUT2D eigenvalue weighted by Gasteiger charge is -2.45. The van der Waals surface area contributed by atoms with Gasteiger partial charge in [-0.05, 0) is 63.4 Å². The topological polar surface area (TPSA) is 61.4 Å². The second-order valence-corrected chi connectivity index (χ2v) is 9.43. The van der Waals surface area contributed by atoms with Gasteiger partial charge in [0.25, 0.3) is 0 Å². The molecule has 0 aliphatic heterocycles. The Morgan fingerprint density at radius 2 is 1.63 bits per heavy atom. The third-order valence-electron chi connectivity index (χ3n) is 6.91. The predicted molar refractivity (Wildman–Crippen MR) is 130 cm³/mol. The van der Waals surface area contributed by atoms with Gasteiger partial charge in [0.2, 0.25) is 11.8 Å². The summed E-state index contributed by atoms with van der Waals surface area (Å²) >= 11 is 0. The Labute approximate surface area is 205 Å². The minimum Gasteiger partial charge on any atom is -0.356 e. The standard InChI is InChI=1S/C27H34F3N3O2/c1-33(2)26(21-8-4-3-5-9-21)16-13-23(14-17-26)32-25(35)12-11-24(34)31-18-15-20-7-6-10-22(19-20)27(28,29)30/h3-10,19,23H,11-18H2,1-2H3,(H,31,34)(H,32,35). The summed E-state index contributed by atoms with van der Waals surface area (Å²) in [5.41, 5.74) is 1.05. The number of amides is 2. The summed E-state index contributed by atoms with van der Waals surface area (Å²) in [6.07, 6.45) is -0.365. The molecule has 0 aromatic heterocycles. The molecule has 1 aliphatic rings. The zero-order chi connectivity index (χ0) is 25.5.